The second-order valence-electron chi connectivity index (χ2n) is 4.11. The smallest absolute Gasteiger partial charge is 0.355 e. The van der Waals surface area contributed by atoms with Crippen molar-refractivity contribution in [2.24, 2.45) is 0 Å². The van der Waals surface area contributed by atoms with Crippen LogP contribution in [0.15, 0.2) is 24.3 Å². The monoisotopic (exact) mass is 267 g/mol. The van der Waals surface area contributed by atoms with E-state index in [1.807, 2.05) is 13.0 Å². The summed E-state index contributed by atoms with van der Waals surface area (Å²) in [5.41, 5.74) is 1.48. The van der Waals surface area contributed by atoms with Crippen molar-refractivity contribution in [1.29, 1.82) is 0 Å². The third kappa shape index (κ3) is 1.99. The Morgan fingerprint density at radius 1 is 1.28 bits per heavy atom. The van der Waals surface area contributed by atoms with E-state index < -0.39 is 16.0 Å². The number of ether oxygens (including phenoxy) is 1. The van der Waals surface area contributed by atoms with Crippen molar-refractivity contribution >= 4 is 26.9 Å². The summed E-state index contributed by atoms with van der Waals surface area (Å²) in [5.74, 6) is -0.672. The van der Waals surface area contributed by atoms with Crippen LogP contribution in [-0.4, -0.2) is 31.7 Å². The summed E-state index contributed by atoms with van der Waals surface area (Å²) in [4.78, 5) is 11.6. The van der Waals surface area contributed by atoms with Gasteiger partial charge in [0.15, 0.2) is 0 Å². The standard InChI is InChI=1S/C12H13NO4S/c1-8-4-5-10-9(6-8)7-11(12(14)17-2)13(10)18(3,15)16/h4-7H,1-3H3. The summed E-state index contributed by atoms with van der Waals surface area (Å²) in [6, 6.07) is 6.82. The Morgan fingerprint density at radius 3 is 2.50 bits per heavy atom. The number of aryl methyl sites for hydroxylation is 1. The highest BCUT2D eigenvalue weighted by atomic mass is 32.2. The van der Waals surface area contributed by atoms with Crippen LogP contribution in [0.2, 0.25) is 0 Å². The maximum atomic E-state index is 11.8. The van der Waals surface area contributed by atoms with Gasteiger partial charge in [0.25, 0.3) is 0 Å². The average molecular weight is 267 g/mol. The molecule has 0 fully saturated rings. The number of benzene rings is 1. The Kier molecular flexibility index (Phi) is 2.90. The van der Waals surface area contributed by atoms with E-state index in [0.29, 0.717) is 10.9 Å². The van der Waals surface area contributed by atoms with Gasteiger partial charge in [0, 0.05) is 5.39 Å². The number of esters is 1. The molecule has 1 heterocycles. The van der Waals surface area contributed by atoms with Crippen molar-refractivity contribution in [3.63, 3.8) is 0 Å². The molecule has 5 nitrogen and oxygen atoms in total. The fourth-order valence-electron chi connectivity index (χ4n) is 1.91. The Hall–Kier alpha value is -1.82. The van der Waals surface area contributed by atoms with Gasteiger partial charge in [-0.05, 0) is 25.1 Å². The maximum Gasteiger partial charge on any atom is 0.355 e. The summed E-state index contributed by atoms with van der Waals surface area (Å²) in [5, 5.41) is 0.695. The molecule has 0 atom stereocenters. The van der Waals surface area contributed by atoms with E-state index in [9.17, 15) is 13.2 Å². The lowest BCUT2D eigenvalue weighted by Gasteiger charge is -2.06. The van der Waals surface area contributed by atoms with Crippen molar-refractivity contribution in [2.45, 2.75) is 6.92 Å². The molecule has 0 unspecified atom stereocenters. The first-order chi connectivity index (χ1) is 8.34. The number of hydrogen-bond donors (Lipinski definition) is 0. The van der Waals surface area contributed by atoms with Gasteiger partial charge in [-0.2, -0.15) is 0 Å². The lowest BCUT2D eigenvalue weighted by Crippen LogP contribution is -2.17. The normalized spacial score (nSPS) is 11.7. The van der Waals surface area contributed by atoms with Crippen LogP contribution < -0.4 is 0 Å². The van der Waals surface area contributed by atoms with Gasteiger partial charge < -0.3 is 4.74 Å². The second-order valence-corrected chi connectivity index (χ2v) is 5.94. The topological polar surface area (TPSA) is 65.4 Å². The van der Waals surface area contributed by atoms with Gasteiger partial charge >= 0.3 is 5.97 Å². The zero-order valence-corrected chi connectivity index (χ0v) is 11.1. The first-order valence-corrected chi connectivity index (χ1v) is 7.10. The molecule has 0 amide bonds. The number of fused-ring (bicyclic) bond motifs is 1. The highest BCUT2D eigenvalue weighted by Crippen LogP contribution is 2.23. The van der Waals surface area contributed by atoms with Crippen LogP contribution in [0.3, 0.4) is 0 Å². The van der Waals surface area contributed by atoms with E-state index in [0.717, 1.165) is 15.8 Å². The molecule has 0 aliphatic carbocycles. The Bertz CT molecular complexity index is 728. The van der Waals surface area contributed by atoms with E-state index in [2.05, 4.69) is 4.74 Å². The van der Waals surface area contributed by atoms with Crippen molar-refractivity contribution in [3.8, 4) is 0 Å². The number of aromatic nitrogens is 1. The van der Waals surface area contributed by atoms with Crippen LogP contribution >= 0.6 is 0 Å². The zero-order valence-electron chi connectivity index (χ0n) is 10.3. The molecule has 0 aliphatic heterocycles. The molecule has 0 radical (unpaired) electrons. The molecular formula is C12H13NO4S. The van der Waals surface area contributed by atoms with Gasteiger partial charge in [-0.3, -0.25) is 0 Å². The minimum atomic E-state index is -3.57. The second kappa shape index (κ2) is 4.13. The first-order valence-electron chi connectivity index (χ1n) is 5.25. The van der Waals surface area contributed by atoms with Crippen molar-refractivity contribution in [3.05, 3.63) is 35.5 Å². The largest absolute Gasteiger partial charge is 0.464 e. The molecule has 2 aromatic rings. The van der Waals surface area contributed by atoms with E-state index >= 15 is 0 Å². The summed E-state index contributed by atoms with van der Waals surface area (Å²) in [7, 11) is -2.35. The summed E-state index contributed by atoms with van der Waals surface area (Å²) >= 11 is 0. The number of methoxy groups -OCH3 is 1. The summed E-state index contributed by atoms with van der Waals surface area (Å²) < 4.78 is 29.2. The van der Waals surface area contributed by atoms with E-state index in [-0.39, 0.29) is 5.69 Å². The van der Waals surface area contributed by atoms with E-state index in [4.69, 9.17) is 0 Å². The van der Waals surface area contributed by atoms with Crippen LogP contribution in [0, 0.1) is 6.92 Å². The SMILES string of the molecule is COC(=O)c1cc2cc(C)ccc2n1S(C)(=O)=O. The molecule has 0 spiro atoms. The van der Waals surface area contributed by atoms with Gasteiger partial charge in [0.1, 0.15) is 5.69 Å². The highest BCUT2D eigenvalue weighted by molar-refractivity contribution is 7.89. The third-order valence-electron chi connectivity index (χ3n) is 2.64. The molecule has 0 N–H and O–H groups in total. The van der Waals surface area contributed by atoms with Crippen LogP contribution in [0.5, 0.6) is 0 Å². The molecule has 6 heteroatoms. The molecule has 1 aromatic heterocycles. The van der Waals surface area contributed by atoms with E-state index in [1.54, 1.807) is 12.1 Å². The molecule has 1 aromatic carbocycles. The first kappa shape index (κ1) is 12.6. The lowest BCUT2D eigenvalue weighted by molar-refractivity contribution is 0.0593. The maximum absolute atomic E-state index is 11.8. The van der Waals surface area contributed by atoms with Gasteiger partial charge in [0.2, 0.25) is 10.0 Å². The number of hydrogen-bond acceptors (Lipinski definition) is 4. The predicted molar refractivity (Wildman–Crippen MR) is 68.3 cm³/mol. The molecule has 0 saturated heterocycles. The molecule has 2 rings (SSSR count). The van der Waals surface area contributed by atoms with Gasteiger partial charge in [-0.15, -0.1) is 0 Å². The summed E-state index contributed by atoms with van der Waals surface area (Å²) in [6.07, 6.45) is 1.05. The Balaban J connectivity index is 2.89. The minimum Gasteiger partial charge on any atom is -0.464 e. The zero-order chi connectivity index (χ0) is 13.5. The van der Waals surface area contributed by atoms with Crippen molar-refractivity contribution in [1.82, 2.24) is 3.97 Å². The third-order valence-corrected chi connectivity index (χ3v) is 3.70. The molecule has 0 bridgehead atoms. The van der Waals surface area contributed by atoms with Crippen molar-refractivity contribution < 1.29 is 17.9 Å². The highest BCUT2D eigenvalue weighted by Gasteiger charge is 2.21. The molecular weight excluding hydrogens is 254 g/mol. The van der Waals surface area contributed by atoms with Crippen LogP contribution in [-0.2, 0) is 14.8 Å². The van der Waals surface area contributed by atoms with Gasteiger partial charge in [0.05, 0.1) is 18.9 Å². The quantitative estimate of drug-likeness (QED) is 0.774. The Labute approximate surface area is 105 Å². The summed E-state index contributed by atoms with van der Waals surface area (Å²) in [6.45, 7) is 1.90. The number of nitrogens with zero attached hydrogens (tertiary/aromatic N) is 1. The molecule has 0 saturated carbocycles. The average Bonchev–Trinajstić information content (AvgIpc) is 2.65. The van der Waals surface area contributed by atoms with Gasteiger partial charge in [-0.1, -0.05) is 11.6 Å². The van der Waals surface area contributed by atoms with E-state index in [1.165, 1.54) is 13.2 Å². The minimum absolute atomic E-state index is 0.0144. The molecule has 96 valence electrons. The van der Waals surface area contributed by atoms with Gasteiger partial charge in [-0.25, -0.2) is 17.2 Å². The van der Waals surface area contributed by atoms with Crippen molar-refractivity contribution in [2.75, 3.05) is 13.4 Å². The van der Waals surface area contributed by atoms with Crippen LogP contribution in [0.1, 0.15) is 16.1 Å². The lowest BCUT2D eigenvalue weighted by atomic mass is 10.2. The van der Waals surface area contributed by atoms with Crippen LogP contribution in [0.25, 0.3) is 10.9 Å². The predicted octanol–water partition coefficient (Wildman–Crippen LogP) is 1.54. The molecule has 0 aliphatic rings. The fraction of sp³-hybridized carbons (Fsp3) is 0.250. The molecule has 18 heavy (non-hydrogen) atoms. The fourth-order valence-corrected chi connectivity index (χ4v) is 2.92. The number of carbonyl (C=O) groups is 1. The van der Waals surface area contributed by atoms with Crippen LogP contribution in [0.4, 0.5) is 0 Å². The Morgan fingerprint density at radius 2 is 1.94 bits per heavy atom. The number of carbonyl (C=O) groups excluding carboxylic acids is 1. The number of rotatable bonds is 2.